The Kier molecular flexibility index (Phi) is 4.51. The highest BCUT2D eigenvalue weighted by Crippen LogP contribution is 1.76. The Balaban J connectivity index is 2.98. The van der Waals surface area contributed by atoms with Gasteiger partial charge in [0.05, 0.1) is 7.05 Å². The highest BCUT2D eigenvalue weighted by atomic mass is 16.6. The van der Waals surface area contributed by atoms with E-state index in [1.165, 1.54) is 6.26 Å². The van der Waals surface area contributed by atoms with E-state index in [2.05, 4.69) is 15.2 Å². The topological polar surface area (TPSA) is 34.0 Å². The number of hydrogen-bond acceptors (Lipinski definition) is 3. The fraction of sp³-hybridized carbons (Fsp3) is 0.500. The highest BCUT2D eigenvalue weighted by Gasteiger charge is 1.59. The molecule has 0 radical (unpaired) electrons. The molecule has 0 aliphatic heterocycles. The predicted molar refractivity (Wildman–Crippen MR) is 26.7 cm³/mol. The van der Waals surface area contributed by atoms with Gasteiger partial charge in [-0.25, -0.2) is 0 Å². The van der Waals surface area contributed by atoms with Crippen LogP contribution in [0.5, 0.6) is 0 Å². The average Bonchev–Trinajstić information content (AvgIpc) is 1.69. The molecule has 0 fully saturated rings. The van der Waals surface area contributed by atoms with Gasteiger partial charge >= 0.3 is 0 Å². The lowest BCUT2D eigenvalue weighted by Crippen LogP contribution is -1.59. The number of hydrogen-bond donors (Lipinski definition) is 0. The molecule has 0 aliphatic carbocycles. The standard InChI is InChI=1S/C4H8N2O/c1-3-4-7-6-5-2/h3-4H,1-2H3/b4-3+,6-5?. The smallest absolute Gasteiger partial charge is 0.119 e. The molecule has 0 rings (SSSR count). The second kappa shape index (κ2) is 5.14. The summed E-state index contributed by atoms with van der Waals surface area (Å²) in [7, 11) is 1.55. The molecular weight excluding hydrogens is 92.1 g/mol. The van der Waals surface area contributed by atoms with E-state index in [0.717, 1.165) is 0 Å². The molecule has 0 saturated carbocycles. The van der Waals surface area contributed by atoms with E-state index in [0.29, 0.717) is 0 Å². The van der Waals surface area contributed by atoms with Crippen molar-refractivity contribution in [1.29, 1.82) is 0 Å². The van der Waals surface area contributed by atoms with Crippen LogP contribution in [0, 0.1) is 0 Å². The fourth-order valence-electron chi connectivity index (χ4n) is 0.135. The van der Waals surface area contributed by atoms with Crippen LogP contribution in [-0.2, 0) is 4.84 Å². The van der Waals surface area contributed by atoms with Crippen molar-refractivity contribution in [1.82, 2.24) is 0 Å². The maximum absolute atomic E-state index is 4.41. The summed E-state index contributed by atoms with van der Waals surface area (Å²) in [6.45, 7) is 1.84. The van der Waals surface area contributed by atoms with Crippen molar-refractivity contribution in [2.75, 3.05) is 7.05 Å². The molecular formula is C4H8N2O. The first-order chi connectivity index (χ1) is 3.41. The van der Waals surface area contributed by atoms with Crippen LogP contribution in [-0.4, -0.2) is 7.05 Å². The molecule has 0 unspecified atom stereocenters. The first kappa shape index (κ1) is 6.14. The van der Waals surface area contributed by atoms with Crippen molar-refractivity contribution in [2.45, 2.75) is 6.92 Å². The van der Waals surface area contributed by atoms with E-state index in [4.69, 9.17) is 0 Å². The minimum atomic E-state index is 1.45. The zero-order chi connectivity index (χ0) is 5.54. The summed E-state index contributed by atoms with van der Waals surface area (Å²) in [5.41, 5.74) is 0. The lowest BCUT2D eigenvalue weighted by molar-refractivity contribution is 0.239. The van der Waals surface area contributed by atoms with Gasteiger partial charge in [-0.3, -0.25) is 0 Å². The SMILES string of the molecule is C/C=C/ON=NC. The largest absolute Gasteiger partial charge is 0.348 e. The Morgan fingerprint density at radius 2 is 2.29 bits per heavy atom. The van der Waals surface area contributed by atoms with Gasteiger partial charge in [0.2, 0.25) is 0 Å². The van der Waals surface area contributed by atoms with Crippen LogP contribution in [0.25, 0.3) is 0 Å². The van der Waals surface area contributed by atoms with Crippen LogP contribution in [0.15, 0.2) is 22.7 Å². The predicted octanol–water partition coefficient (Wildman–Crippen LogP) is 1.53. The third-order valence-corrected chi connectivity index (χ3v) is 0.326. The molecule has 3 heteroatoms. The Morgan fingerprint density at radius 1 is 1.57 bits per heavy atom. The van der Waals surface area contributed by atoms with Gasteiger partial charge in [0.15, 0.2) is 0 Å². The molecule has 0 spiro atoms. The average molecular weight is 100 g/mol. The summed E-state index contributed by atoms with van der Waals surface area (Å²) < 4.78 is 0. The van der Waals surface area contributed by atoms with E-state index < -0.39 is 0 Å². The second-order valence-electron chi connectivity index (χ2n) is 0.856. The summed E-state index contributed by atoms with van der Waals surface area (Å²) in [4.78, 5) is 4.41. The van der Waals surface area contributed by atoms with Gasteiger partial charge in [-0.2, -0.15) is 5.11 Å². The summed E-state index contributed by atoms with van der Waals surface area (Å²) >= 11 is 0. The molecule has 0 aliphatic rings. The number of nitrogens with zero attached hydrogens (tertiary/aromatic N) is 2. The van der Waals surface area contributed by atoms with Crippen LogP contribution >= 0.6 is 0 Å². The summed E-state index contributed by atoms with van der Waals surface area (Å²) in [6.07, 6.45) is 3.18. The lowest BCUT2D eigenvalue weighted by Gasteiger charge is -1.78. The summed E-state index contributed by atoms with van der Waals surface area (Å²) in [5, 5.41) is 6.52. The van der Waals surface area contributed by atoms with Gasteiger partial charge in [0.25, 0.3) is 0 Å². The van der Waals surface area contributed by atoms with Crippen LogP contribution in [0.4, 0.5) is 0 Å². The van der Waals surface area contributed by atoms with Crippen LogP contribution in [0.1, 0.15) is 6.92 Å². The normalized spacial score (nSPS) is 11.1. The van der Waals surface area contributed by atoms with E-state index >= 15 is 0 Å². The van der Waals surface area contributed by atoms with Crippen LogP contribution in [0.3, 0.4) is 0 Å². The molecule has 0 heterocycles. The minimum absolute atomic E-state index is 1.45. The fourth-order valence-corrected chi connectivity index (χ4v) is 0.135. The summed E-state index contributed by atoms with van der Waals surface area (Å²) in [5.74, 6) is 0. The number of allylic oxidation sites excluding steroid dienone is 1. The van der Waals surface area contributed by atoms with E-state index in [1.807, 2.05) is 6.92 Å². The zero-order valence-corrected chi connectivity index (χ0v) is 4.46. The van der Waals surface area contributed by atoms with E-state index in [9.17, 15) is 0 Å². The first-order valence-electron chi connectivity index (χ1n) is 1.98. The molecule has 0 aromatic heterocycles. The van der Waals surface area contributed by atoms with Crippen molar-refractivity contribution in [3.05, 3.63) is 12.3 Å². The van der Waals surface area contributed by atoms with Gasteiger partial charge in [-0.05, 0) is 13.0 Å². The van der Waals surface area contributed by atoms with Crippen molar-refractivity contribution >= 4 is 0 Å². The Hall–Kier alpha value is -0.860. The third-order valence-electron chi connectivity index (χ3n) is 0.326. The van der Waals surface area contributed by atoms with Gasteiger partial charge in [0.1, 0.15) is 6.26 Å². The molecule has 0 amide bonds. The molecule has 0 aromatic carbocycles. The number of rotatable bonds is 2. The molecule has 0 atom stereocenters. The van der Waals surface area contributed by atoms with Gasteiger partial charge < -0.3 is 4.84 Å². The van der Waals surface area contributed by atoms with Gasteiger partial charge in [-0.15, -0.1) is 0 Å². The minimum Gasteiger partial charge on any atom is -0.348 e. The second-order valence-corrected chi connectivity index (χ2v) is 0.856. The maximum atomic E-state index is 4.41. The molecule has 40 valence electrons. The van der Waals surface area contributed by atoms with Crippen molar-refractivity contribution in [3.63, 3.8) is 0 Å². The lowest BCUT2D eigenvalue weighted by atomic mass is 10.7. The molecule has 0 bridgehead atoms. The Bertz CT molecular complexity index is 67.8. The van der Waals surface area contributed by atoms with Gasteiger partial charge in [0, 0.05) is 5.28 Å². The van der Waals surface area contributed by atoms with E-state index in [1.54, 1.807) is 13.1 Å². The molecule has 0 aromatic rings. The Morgan fingerprint density at radius 3 is 2.71 bits per heavy atom. The van der Waals surface area contributed by atoms with Crippen LogP contribution in [0.2, 0.25) is 0 Å². The molecule has 0 N–H and O–H groups in total. The molecule has 3 nitrogen and oxygen atoms in total. The summed E-state index contributed by atoms with van der Waals surface area (Å²) in [6, 6.07) is 0. The van der Waals surface area contributed by atoms with Crippen molar-refractivity contribution < 1.29 is 4.84 Å². The quantitative estimate of drug-likeness (QED) is 0.294. The third kappa shape index (κ3) is 5.14. The first-order valence-corrected chi connectivity index (χ1v) is 1.98. The van der Waals surface area contributed by atoms with Gasteiger partial charge in [-0.1, -0.05) is 0 Å². The Labute approximate surface area is 42.7 Å². The maximum Gasteiger partial charge on any atom is 0.119 e. The molecule has 0 saturated heterocycles. The monoisotopic (exact) mass is 100 g/mol. The zero-order valence-electron chi connectivity index (χ0n) is 4.46. The highest BCUT2D eigenvalue weighted by molar-refractivity contribution is 4.63. The van der Waals surface area contributed by atoms with Crippen molar-refractivity contribution in [2.24, 2.45) is 10.4 Å². The van der Waals surface area contributed by atoms with Crippen LogP contribution < -0.4 is 0 Å². The molecule has 7 heavy (non-hydrogen) atoms. The van der Waals surface area contributed by atoms with Crippen molar-refractivity contribution in [3.8, 4) is 0 Å². The van der Waals surface area contributed by atoms with E-state index in [-0.39, 0.29) is 0 Å².